The van der Waals surface area contributed by atoms with Crippen LogP contribution in [0.25, 0.3) is 0 Å². The maximum Gasteiger partial charge on any atom is 0.334 e. The second-order valence-electron chi connectivity index (χ2n) is 7.14. The summed E-state index contributed by atoms with van der Waals surface area (Å²) in [6, 6.07) is 0. The summed E-state index contributed by atoms with van der Waals surface area (Å²) >= 11 is 0. The molecule has 2 aliphatic heterocycles. The zero-order valence-corrected chi connectivity index (χ0v) is 15.7. The molecule has 2 aliphatic rings. The first-order valence-electron chi connectivity index (χ1n) is 8.44. The van der Waals surface area contributed by atoms with E-state index in [0.717, 1.165) is 0 Å². The van der Waals surface area contributed by atoms with Gasteiger partial charge in [-0.3, -0.25) is 0 Å². The molecule has 0 saturated carbocycles. The minimum Gasteiger partial charge on any atom is -0.456 e. The molecule has 8 nitrogen and oxygen atoms in total. The molecule has 0 aliphatic carbocycles. The Labute approximate surface area is 157 Å². The van der Waals surface area contributed by atoms with Gasteiger partial charge in [0.15, 0.2) is 0 Å². The van der Waals surface area contributed by atoms with Crippen LogP contribution >= 0.6 is 0 Å². The van der Waals surface area contributed by atoms with Crippen molar-refractivity contribution in [1.29, 1.82) is 0 Å². The predicted molar refractivity (Wildman–Crippen MR) is 93.1 cm³/mol. The fourth-order valence-corrected chi connectivity index (χ4v) is 2.95. The highest BCUT2D eigenvalue weighted by Gasteiger charge is 2.54. The van der Waals surface area contributed by atoms with Gasteiger partial charge < -0.3 is 24.4 Å². The summed E-state index contributed by atoms with van der Waals surface area (Å²) in [6.07, 6.45) is -3.92. The maximum absolute atomic E-state index is 12.2. The van der Waals surface area contributed by atoms with Crippen LogP contribution in [-0.2, 0) is 28.6 Å². The van der Waals surface area contributed by atoms with Crippen LogP contribution in [0.5, 0.6) is 0 Å². The van der Waals surface area contributed by atoms with E-state index in [1.54, 1.807) is 0 Å². The molecular weight excluding hydrogens is 356 g/mol. The van der Waals surface area contributed by atoms with E-state index in [4.69, 9.17) is 14.2 Å². The first-order chi connectivity index (χ1) is 12.4. The Hall–Kier alpha value is -2.45. The van der Waals surface area contributed by atoms with Gasteiger partial charge in [-0.15, -0.1) is 0 Å². The molecule has 1 saturated heterocycles. The third-order valence-electron chi connectivity index (χ3n) is 4.96. The van der Waals surface area contributed by atoms with E-state index in [9.17, 15) is 24.6 Å². The number of cyclic esters (lactones) is 1. The Morgan fingerprint density at radius 2 is 1.89 bits per heavy atom. The minimum atomic E-state index is -2.00. The molecular formula is C19H24O8. The van der Waals surface area contributed by atoms with Crippen molar-refractivity contribution in [3.63, 3.8) is 0 Å². The lowest BCUT2D eigenvalue weighted by Gasteiger charge is -2.40. The minimum absolute atomic E-state index is 0.0417. The van der Waals surface area contributed by atoms with Gasteiger partial charge in [0.25, 0.3) is 0 Å². The molecule has 0 aromatic rings. The van der Waals surface area contributed by atoms with E-state index in [-0.39, 0.29) is 16.7 Å². The number of ether oxygens (including phenoxy) is 3. The normalized spacial score (nSPS) is 38.8. The van der Waals surface area contributed by atoms with E-state index in [0.29, 0.717) is 0 Å². The number of fused-ring (bicyclic) bond motifs is 1. The van der Waals surface area contributed by atoms with E-state index >= 15 is 0 Å². The number of rotatable bonds is 2. The lowest BCUT2D eigenvalue weighted by atomic mass is 9.79. The van der Waals surface area contributed by atoms with Gasteiger partial charge in [0.1, 0.15) is 30.0 Å². The molecule has 0 aromatic carbocycles. The van der Waals surface area contributed by atoms with Crippen LogP contribution in [0.1, 0.15) is 27.7 Å². The molecule has 0 aromatic heterocycles. The summed E-state index contributed by atoms with van der Waals surface area (Å²) < 4.78 is 15.8. The summed E-state index contributed by atoms with van der Waals surface area (Å²) in [5.74, 6) is -3.31. The number of aliphatic hydroxyl groups excluding tert-OH is 1. The van der Waals surface area contributed by atoms with Crippen molar-refractivity contribution in [3.05, 3.63) is 36.0 Å². The fraction of sp³-hybridized carbons (Fsp3) is 0.526. The van der Waals surface area contributed by atoms with Crippen molar-refractivity contribution < 1.29 is 38.8 Å². The maximum atomic E-state index is 12.2. The van der Waals surface area contributed by atoms with Crippen molar-refractivity contribution in [2.75, 3.05) is 0 Å². The topological polar surface area (TPSA) is 119 Å². The number of aliphatic hydroxyl groups is 2. The first kappa shape index (κ1) is 20.9. The SMILES string of the molecule is C=C(C)C(=O)O[C@H]1[C@@H]2C(=C)C(=O)O[C@H]2/C=C(\C)C(=O)O[C@H](C)[C@@](C)(O)[C@@H]1O. The zero-order valence-electron chi connectivity index (χ0n) is 15.7. The van der Waals surface area contributed by atoms with Gasteiger partial charge in [0.05, 0.1) is 5.92 Å². The van der Waals surface area contributed by atoms with E-state index < -0.39 is 53.8 Å². The summed E-state index contributed by atoms with van der Waals surface area (Å²) in [6.45, 7) is 12.7. The molecule has 2 heterocycles. The molecule has 27 heavy (non-hydrogen) atoms. The van der Waals surface area contributed by atoms with Gasteiger partial charge in [-0.1, -0.05) is 13.2 Å². The summed E-state index contributed by atoms with van der Waals surface area (Å²) in [5, 5.41) is 21.7. The van der Waals surface area contributed by atoms with Crippen LogP contribution in [-0.4, -0.2) is 58.1 Å². The highest BCUT2D eigenvalue weighted by atomic mass is 16.6. The molecule has 0 unspecified atom stereocenters. The quantitative estimate of drug-likeness (QED) is 0.405. The van der Waals surface area contributed by atoms with Crippen LogP contribution in [0.4, 0.5) is 0 Å². The summed E-state index contributed by atoms with van der Waals surface area (Å²) in [7, 11) is 0. The third kappa shape index (κ3) is 3.81. The number of carbonyl (C=O) groups is 3. The lowest BCUT2D eigenvalue weighted by Crippen LogP contribution is -2.58. The van der Waals surface area contributed by atoms with Gasteiger partial charge in [0, 0.05) is 16.7 Å². The second kappa shape index (κ2) is 7.28. The smallest absolute Gasteiger partial charge is 0.334 e. The monoisotopic (exact) mass is 380 g/mol. The Bertz CT molecular complexity index is 732. The number of carbonyl (C=O) groups excluding carboxylic acids is 3. The van der Waals surface area contributed by atoms with Gasteiger partial charge >= 0.3 is 17.9 Å². The number of hydrogen-bond donors (Lipinski definition) is 2. The number of esters is 3. The van der Waals surface area contributed by atoms with Gasteiger partial charge in [-0.2, -0.15) is 0 Å². The first-order valence-corrected chi connectivity index (χ1v) is 8.44. The van der Waals surface area contributed by atoms with Gasteiger partial charge in [0.2, 0.25) is 0 Å². The Kier molecular flexibility index (Phi) is 5.63. The van der Waals surface area contributed by atoms with E-state index in [1.807, 2.05) is 0 Å². The van der Waals surface area contributed by atoms with Gasteiger partial charge in [-0.05, 0) is 33.8 Å². The average molecular weight is 380 g/mol. The molecule has 0 bridgehead atoms. The largest absolute Gasteiger partial charge is 0.456 e. The van der Waals surface area contributed by atoms with Crippen molar-refractivity contribution in [2.45, 2.75) is 57.7 Å². The van der Waals surface area contributed by atoms with Gasteiger partial charge in [-0.25, -0.2) is 14.4 Å². The van der Waals surface area contributed by atoms with E-state index in [1.165, 1.54) is 33.8 Å². The summed E-state index contributed by atoms with van der Waals surface area (Å²) in [5.41, 5.74) is -1.84. The third-order valence-corrected chi connectivity index (χ3v) is 4.96. The fourth-order valence-electron chi connectivity index (χ4n) is 2.95. The van der Waals surface area contributed by atoms with E-state index in [2.05, 4.69) is 13.2 Å². The van der Waals surface area contributed by atoms with Crippen molar-refractivity contribution >= 4 is 17.9 Å². The average Bonchev–Trinajstić information content (AvgIpc) is 2.84. The Morgan fingerprint density at radius 1 is 1.30 bits per heavy atom. The molecule has 2 rings (SSSR count). The zero-order chi connectivity index (χ0) is 20.7. The van der Waals surface area contributed by atoms with Crippen molar-refractivity contribution in [3.8, 4) is 0 Å². The molecule has 1 fully saturated rings. The van der Waals surface area contributed by atoms with Crippen LogP contribution < -0.4 is 0 Å². The van der Waals surface area contributed by atoms with Crippen LogP contribution in [0.3, 0.4) is 0 Å². The molecule has 2 N–H and O–H groups in total. The molecule has 0 spiro atoms. The molecule has 148 valence electrons. The number of hydrogen-bond acceptors (Lipinski definition) is 8. The highest BCUT2D eigenvalue weighted by Crippen LogP contribution is 2.38. The van der Waals surface area contributed by atoms with Crippen molar-refractivity contribution in [1.82, 2.24) is 0 Å². The Balaban J connectivity index is 2.61. The molecule has 8 heteroatoms. The lowest BCUT2D eigenvalue weighted by molar-refractivity contribution is -0.201. The van der Waals surface area contributed by atoms with Crippen LogP contribution in [0.15, 0.2) is 36.0 Å². The van der Waals surface area contributed by atoms with Crippen LogP contribution in [0, 0.1) is 5.92 Å². The molecule has 0 amide bonds. The molecule has 0 radical (unpaired) electrons. The van der Waals surface area contributed by atoms with Crippen LogP contribution in [0.2, 0.25) is 0 Å². The predicted octanol–water partition coefficient (Wildman–Crippen LogP) is 0.576. The van der Waals surface area contributed by atoms with Crippen molar-refractivity contribution in [2.24, 2.45) is 5.92 Å². The standard InChI is InChI=1S/C19H24O8/c1-8(2)16(21)27-14-13-10(4)18(23)26-12(13)7-9(3)17(22)25-11(5)19(6,24)15(14)20/h7,11-15,20,24H,1,4H2,2-3,5-6H3/b9-7+/t11-,12+,13-,14+,15-,19-/m1/s1. The second-order valence-corrected chi connectivity index (χ2v) is 7.14. The Morgan fingerprint density at radius 3 is 2.44 bits per heavy atom. The molecule has 6 atom stereocenters. The summed E-state index contributed by atoms with van der Waals surface area (Å²) in [4.78, 5) is 36.4. The highest BCUT2D eigenvalue weighted by molar-refractivity contribution is 5.93.